The first-order valence-corrected chi connectivity index (χ1v) is 2.70. The Morgan fingerprint density at radius 2 is 2.33 bits per heavy atom. The standard InChI is InChI=1S/C3H10N6/c4-2-1-3(5)6-8-9-7-3/h1-2,4-5H2,(H,6,9)(H,7,8). The van der Waals surface area contributed by atoms with Gasteiger partial charge in [-0.15, -0.1) is 5.11 Å². The van der Waals surface area contributed by atoms with Gasteiger partial charge in [-0.3, -0.25) is 5.73 Å². The normalized spacial score (nSPS) is 32.7. The molecule has 0 aliphatic carbocycles. The van der Waals surface area contributed by atoms with Crippen LogP contribution in [0.2, 0.25) is 0 Å². The minimum absolute atomic E-state index is 0.490. The minimum Gasteiger partial charge on any atom is -0.330 e. The van der Waals surface area contributed by atoms with Crippen LogP contribution in [-0.2, 0) is 0 Å². The highest BCUT2D eigenvalue weighted by molar-refractivity contribution is 4.77. The predicted molar refractivity (Wildman–Crippen MR) is 31.7 cm³/mol. The quantitative estimate of drug-likeness (QED) is 0.362. The van der Waals surface area contributed by atoms with Crippen LogP contribution in [0.15, 0.2) is 10.3 Å². The van der Waals surface area contributed by atoms with Crippen molar-refractivity contribution in [2.24, 2.45) is 21.8 Å². The maximum Gasteiger partial charge on any atom is 0.203 e. The Labute approximate surface area is 52.6 Å². The highest BCUT2D eigenvalue weighted by Gasteiger charge is 2.26. The second-order valence-corrected chi connectivity index (χ2v) is 1.90. The van der Waals surface area contributed by atoms with Gasteiger partial charge in [0.25, 0.3) is 0 Å². The van der Waals surface area contributed by atoms with E-state index in [1.54, 1.807) is 0 Å². The zero-order valence-corrected chi connectivity index (χ0v) is 4.96. The highest BCUT2D eigenvalue weighted by atomic mass is 15.7. The minimum atomic E-state index is -0.783. The topological polar surface area (TPSA) is 101 Å². The summed E-state index contributed by atoms with van der Waals surface area (Å²) in [5.41, 5.74) is 15.9. The van der Waals surface area contributed by atoms with Crippen molar-refractivity contribution in [3.8, 4) is 0 Å². The van der Waals surface area contributed by atoms with E-state index in [2.05, 4.69) is 21.3 Å². The smallest absolute Gasteiger partial charge is 0.203 e. The van der Waals surface area contributed by atoms with E-state index in [1.807, 2.05) is 0 Å². The molecule has 52 valence electrons. The molecule has 0 spiro atoms. The van der Waals surface area contributed by atoms with Gasteiger partial charge in [-0.2, -0.15) is 5.43 Å². The summed E-state index contributed by atoms with van der Waals surface area (Å²) in [6.45, 7) is 0.490. The third-order valence-corrected chi connectivity index (χ3v) is 1.08. The van der Waals surface area contributed by atoms with Crippen molar-refractivity contribution in [1.82, 2.24) is 11.0 Å². The summed E-state index contributed by atoms with van der Waals surface area (Å²) in [5.74, 6) is -0.783. The molecule has 0 aromatic heterocycles. The monoisotopic (exact) mass is 130 g/mol. The van der Waals surface area contributed by atoms with E-state index < -0.39 is 5.79 Å². The lowest BCUT2D eigenvalue weighted by Gasteiger charge is -2.15. The zero-order valence-electron chi connectivity index (χ0n) is 4.96. The van der Waals surface area contributed by atoms with Gasteiger partial charge in [0.15, 0.2) is 0 Å². The van der Waals surface area contributed by atoms with E-state index in [4.69, 9.17) is 11.5 Å². The van der Waals surface area contributed by atoms with Crippen LogP contribution in [0.5, 0.6) is 0 Å². The fraction of sp³-hybridized carbons (Fsp3) is 1.00. The second kappa shape index (κ2) is 2.26. The molecule has 0 fully saturated rings. The van der Waals surface area contributed by atoms with E-state index in [9.17, 15) is 0 Å². The maximum absolute atomic E-state index is 5.56. The van der Waals surface area contributed by atoms with Gasteiger partial charge in [0.1, 0.15) is 0 Å². The van der Waals surface area contributed by atoms with Crippen molar-refractivity contribution < 1.29 is 0 Å². The van der Waals surface area contributed by atoms with Crippen LogP contribution in [-0.4, -0.2) is 12.3 Å². The SMILES string of the molecule is NCCC1(N)N=NNN1. The number of hydrazine groups is 1. The van der Waals surface area contributed by atoms with E-state index in [0.29, 0.717) is 13.0 Å². The number of nitrogens with two attached hydrogens (primary N) is 2. The Balaban J connectivity index is 2.42. The third-order valence-electron chi connectivity index (χ3n) is 1.08. The number of hydrogen-bond acceptors (Lipinski definition) is 6. The molecule has 6 nitrogen and oxygen atoms in total. The molecule has 1 heterocycles. The van der Waals surface area contributed by atoms with Gasteiger partial charge in [-0.05, 0) is 6.54 Å². The van der Waals surface area contributed by atoms with Crippen LogP contribution in [0.25, 0.3) is 0 Å². The van der Waals surface area contributed by atoms with Crippen LogP contribution >= 0.6 is 0 Å². The Kier molecular flexibility index (Phi) is 1.60. The van der Waals surface area contributed by atoms with Crippen LogP contribution < -0.4 is 22.4 Å². The fourth-order valence-electron chi connectivity index (χ4n) is 0.594. The zero-order chi connectivity index (χ0) is 6.74. The Hall–Kier alpha value is -0.720. The second-order valence-electron chi connectivity index (χ2n) is 1.90. The van der Waals surface area contributed by atoms with E-state index in [-0.39, 0.29) is 0 Å². The fourth-order valence-corrected chi connectivity index (χ4v) is 0.594. The molecule has 0 bridgehead atoms. The largest absolute Gasteiger partial charge is 0.330 e. The van der Waals surface area contributed by atoms with Crippen LogP contribution in [0.4, 0.5) is 0 Å². The summed E-state index contributed by atoms with van der Waals surface area (Å²) < 4.78 is 0. The molecular weight excluding hydrogens is 120 g/mol. The van der Waals surface area contributed by atoms with Crippen molar-refractivity contribution in [3.05, 3.63) is 0 Å². The first-order valence-electron chi connectivity index (χ1n) is 2.70. The lowest BCUT2D eigenvalue weighted by Crippen LogP contribution is -2.53. The van der Waals surface area contributed by atoms with Crippen LogP contribution in [0.1, 0.15) is 6.42 Å². The molecule has 0 aromatic rings. The number of nitrogens with one attached hydrogen (secondary N) is 2. The summed E-state index contributed by atoms with van der Waals surface area (Å²) in [7, 11) is 0. The van der Waals surface area contributed by atoms with Crippen molar-refractivity contribution in [2.75, 3.05) is 6.54 Å². The van der Waals surface area contributed by atoms with Gasteiger partial charge < -0.3 is 5.73 Å². The molecular formula is C3H10N6. The Morgan fingerprint density at radius 1 is 1.56 bits per heavy atom. The third kappa shape index (κ3) is 1.35. The van der Waals surface area contributed by atoms with Gasteiger partial charge in [0, 0.05) is 6.42 Å². The molecule has 0 saturated heterocycles. The summed E-state index contributed by atoms with van der Waals surface area (Å²) >= 11 is 0. The summed E-state index contributed by atoms with van der Waals surface area (Å²) in [6.07, 6.45) is 0.573. The van der Waals surface area contributed by atoms with Crippen molar-refractivity contribution in [2.45, 2.75) is 12.2 Å². The number of hydrogen-bond donors (Lipinski definition) is 4. The van der Waals surface area contributed by atoms with Crippen molar-refractivity contribution in [1.29, 1.82) is 0 Å². The molecule has 9 heavy (non-hydrogen) atoms. The van der Waals surface area contributed by atoms with Gasteiger partial charge >= 0.3 is 0 Å². The lowest BCUT2D eigenvalue weighted by molar-refractivity contribution is 0.340. The molecule has 1 atom stereocenters. The molecule has 0 aromatic carbocycles. The molecule has 0 radical (unpaired) electrons. The molecule has 1 aliphatic rings. The molecule has 6 N–H and O–H groups in total. The van der Waals surface area contributed by atoms with Crippen molar-refractivity contribution >= 4 is 0 Å². The van der Waals surface area contributed by atoms with Gasteiger partial charge in [-0.1, -0.05) is 5.22 Å². The van der Waals surface area contributed by atoms with Gasteiger partial charge in [-0.25, -0.2) is 5.53 Å². The van der Waals surface area contributed by atoms with E-state index in [1.165, 1.54) is 0 Å². The van der Waals surface area contributed by atoms with Crippen LogP contribution in [0.3, 0.4) is 0 Å². The molecule has 6 heteroatoms. The molecule has 0 saturated carbocycles. The van der Waals surface area contributed by atoms with Gasteiger partial charge in [0.05, 0.1) is 0 Å². The lowest BCUT2D eigenvalue weighted by atomic mass is 10.3. The highest BCUT2D eigenvalue weighted by Crippen LogP contribution is 2.05. The molecule has 0 amide bonds. The number of rotatable bonds is 2. The maximum atomic E-state index is 5.56. The Morgan fingerprint density at radius 3 is 2.78 bits per heavy atom. The summed E-state index contributed by atoms with van der Waals surface area (Å²) in [6, 6.07) is 0. The Bertz CT molecular complexity index is 121. The van der Waals surface area contributed by atoms with E-state index >= 15 is 0 Å². The average molecular weight is 130 g/mol. The first-order chi connectivity index (χ1) is 4.27. The van der Waals surface area contributed by atoms with Crippen molar-refractivity contribution in [3.63, 3.8) is 0 Å². The molecule has 1 unspecified atom stereocenters. The van der Waals surface area contributed by atoms with E-state index in [0.717, 1.165) is 0 Å². The summed E-state index contributed by atoms with van der Waals surface area (Å²) in [4.78, 5) is 0. The molecule has 1 aliphatic heterocycles. The first kappa shape index (κ1) is 6.40. The summed E-state index contributed by atoms with van der Waals surface area (Å²) in [5, 5.41) is 7.10. The number of nitrogens with zero attached hydrogens (tertiary/aromatic N) is 2. The predicted octanol–water partition coefficient (Wildman–Crippen LogP) is -1.58. The average Bonchev–Trinajstić information content (AvgIpc) is 2.16. The van der Waals surface area contributed by atoms with Crippen LogP contribution in [0, 0.1) is 0 Å². The van der Waals surface area contributed by atoms with Gasteiger partial charge in [0.2, 0.25) is 5.79 Å². The molecule has 1 rings (SSSR count).